The Morgan fingerprint density at radius 2 is 1.12 bits per heavy atom. The van der Waals surface area contributed by atoms with Crippen LogP contribution in [-0.4, -0.2) is 47.6 Å². The number of aliphatic hydroxyl groups excluding tert-OH is 2. The van der Waals surface area contributed by atoms with Crippen LogP contribution in [0.25, 0.3) is 0 Å². The average Bonchev–Trinajstić information content (AvgIpc) is 3.08. The summed E-state index contributed by atoms with van der Waals surface area (Å²) in [5.74, 6) is 0.231. The van der Waals surface area contributed by atoms with Crippen molar-refractivity contribution in [3.8, 4) is 0 Å². The summed E-state index contributed by atoms with van der Waals surface area (Å²) in [7, 11) is 0. The zero-order chi connectivity index (χ0) is 35.3. The lowest BCUT2D eigenvalue weighted by Gasteiger charge is -2.15. The van der Waals surface area contributed by atoms with Crippen LogP contribution in [0.2, 0.25) is 0 Å². The van der Waals surface area contributed by atoms with Gasteiger partial charge in [-0.05, 0) is 38.0 Å². The molecule has 0 bridgehead atoms. The molecule has 2 unspecified atom stereocenters. The lowest BCUT2D eigenvalue weighted by atomic mass is 9.99. The molecule has 2 N–H and O–H groups in total. The molecule has 0 aromatic heterocycles. The van der Waals surface area contributed by atoms with Gasteiger partial charge in [-0.25, -0.2) is 0 Å². The molecule has 0 fully saturated rings. The summed E-state index contributed by atoms with van der Waals surface area (Å²) < 4.78 is 10.6. The predicted molar refractivity (Wildman–Crippen MR) is 202 cm³/mol. The molecule has 0 radical (unpaired) electrons. The van der Waals surface area contributed by atoms with E-state index in [1.807, 2.05) is 18.2 Å². The fraction of sp³-hybridized carbons (Fsp3) is 0.810. The fourth-order valence-corrected chi connectivity index (χ4v) is 5.65. The Bertz CT molecular complexity index is 804. The molecular weight excluding hydrogens is 600 g/mol. The van der Waals surface area contributed by atoms with E-state index >= 15 is 0 Å². The van der Waals surface area contributed by atoms with Crippen LogP contribution >= 0.6 is 0 Å². The maximum absolute atomic E-state index is 12.2. The van der Waals surface area contributed by atoms with Gasteiger partial charge in [-0.2, -0.15) is 0 Å². The van der Waals surface area contributed by atoms with E-state index in [2.05, 4.69) is 39.0 Å². The topological polar surface area (TPSA) is 93.1 Å². The molecule has 3 atom stereocenters. The minimum Gasteiger partial charge on any atom is -0.462 e. The van der Waals surface area contributed by atoms with Gasteiger partial charge in [0.25, 0.3) is 0 Å². The van der Waals surface area contributed by atoms with Crippen LogP contribution in [0.1, 0.15) is 188 Å². The molecule has 0 aliphatic carbocycles. The first-order valence-corrected chi connectivity index (χ1v) is 20.0. The van der Waals surface area contributed by atoms with E-state index in [4.69, 9.17) is 9.47 Å². The molecule has 0 aromatic rings. The molecule has 0 aliphatic heterocycles. The first-order valence-electron chi connectivity index (χ1n) is 20.0. The van der Waals surface area contributed by atoms with Gasteiger partial charge in [0.2, 0.25) is 0 Å². The molecule has 0 heterocycles. The Morgan fingerprint density at radius 1 is 0.625 bits per heavy atom. The van der Waals surface area contributed by atoms with E-state index in [9.17, 15) is 19.8 Å². The number of rotatable bonds is 35. The summed E-state index contributed by atoms with van der Waals surface area (Å²) in [4.78, 5) is 24.3. The third kappa shape index (κ3) is 34.0. The van der Waals surface area contributed by atoms with Crippen LogP contribution in [0.15, 0.2) is 36.5 Å². The summed E-state index contributed by atoms with van der Waals surface area (Å²) in [6.45, 7) is 6.31. The van der Waals surface area contributed by atoms with Crippen molar-refractivity contribution in [3.05, 3.63) is 36.5 Å². The normalized spacial score (nSPS) is 13.9. The lowest BCUT2D eigenvalue weighted by Crippen LogP contribution is -2.28. The molecule has 280 valence electrons. The van der Waals surface area contributed by atoms with E-state index in [1.165, 1.54) is 83.5 Å². The van der Waals surface area contributed by atoms with Gasteiger partial charge >= 0.3 is 11.9 Å². The highest BCUT2D eigenvalue weighted by atomic mass is 16.6. The Morgan fingerprint density at radius 3 is 1.65 bits per heavy atom. The van der Waals surface area contributed by atoms with Crippen molar-refractivity contribution in [1.82, 2.24) is 0 Å². The van der Waals surface area contributed by atoms with E-state index < -0.39 is 12.2 Å². The van der Waals surface area contributed by atoms with E-state index in [0.717, 1.165) is 76.5 Å². The minimum atomic E-state index is -0.801. The Hall–Kier alpha value is -1.92. The summed E-state index contributed by atoms with van der Waals surface area (Å²) in [6, 6.07) is 0. The van der Waals surface area contributed by atoms with Crippen molar-refractivity contribution in [2.45, 2.75) is 200 Å². The second kappa shape index (κ2) is 36.4. The summed E-state index contributed by atoms with van der Waals surface area (Å²) in [5, 5.41) is 19.6. The molecular formula is C42H76O6. The second-order valence-corrected chi connectivity index (χ2v) is 13.8. The summed E-state index contributed by atoms with van der Waals surface area (Å²) in [6.07, 6.45) is 39.3. The van der Waals surface area contributed by atoms with E-state index in [-0.39, 0.29) is 25.2 Å². The van der Waals surface area contributed by atoms with Crippen molar-refractivity contribution in [2.24, 2.45) is 5.92 Å². The van der Waals surface area contributed by atoms with Crippen molar-refractivity contribution in [2.75, 3.05) is 13.2 Å². The number of aliphatic hydroxyl groups is 2. The number of esters is 2. The Labute approximate surface area is 296 Å². The molecule has 0 saturated carbocycles. The highest BCUT2D eigenvalue weighted by Crippen LogP contribution is 2.16. The van der Waals surface area contributed by atoms with E-state index in [1.54, 1.807) is 0 Å². The molecule has 6 nitrogen and oxygen atoms in total. The number of allylic oxidation sites excluding steroid dienone is 5. The molecule has 0 aromatic carbocycles. The van der Waals surface area contributed by atoms with Crippen molar-refractivity contribution in [3.63, 3.8) is 0 Å². The average molecular weight is 677 g/mol. The van der Waals surface area contributed by atoms with Crippen LogP contribution in [0.5, 0.6) is 0 Å². The maximum atomic E-state index is 12.2. The highest BCUT2D eigenvalue weighted by Gasteiger charge is 2.16. The summed E-state index contributed by atoms with van der Waals surface area (Å²) >= 11 is 0. The number of hydrogen-bond acceptors (Lipinski definition) is 6. The zero-order valence-electron chi connectivity index (χ0n) is 31.5. The number of carbonyl (C=O) groups excluding carboxylic acids is 2. The van der Waals surface area contributed by atoms with Gasteiger partial charge in [0.15, 0.2) is 6.10 Å². The lowest BCUT2D eigenvalue weighted by molar-refractivity contribution is -0.161. The molecule has 0 rings (SSSR count). The van der Waals surface area contributed by atoms with Crippen LogP contribution in [0, 0.1) is 5.92 Å². The standard InChI is InChI=1S/C42H76O6/c1-4-6-7-8-17-22-27-32-39(44)33-28-23-20-25-29-34-41(45)47-37-40(36-43)48-42(46)35-30-24-19-16-14-12-10-9-11-13-15-18-21-26-31-38(3)5-2/h6-7,17,22,27,32,38-40,43-44H,4-5,8-16,18-21,23-26,28-31,33-37H2,1-3H3/b7-6+,22-17+,32-27+/t38?,39?,40-/m0/s1. The molecule has 6 heteroatoms. The monoisotopic (exact) mass is 677 g/mol. The van der Waals surface area contributed by atoms with E-state index in [0.29, 0.717) is 12.8 Å². The van der Waals surface area contributed by atoms with Crippen molar-refractivity contribution < 1.29 is 29.3 Å². The second-order valence-electron chi connectivity index (χ2n) is 13.8. The Kier molecular flexibility index (Phi) is 34.9. The first-order chi connectivity index (χ1) is 23.4. The predicted octanol–water partition coefficient (Wildman–Crippen LogP) is 11.3. The van der Waals surface area contributed by atoms with Crippen LogP contribution in [-0.2, 0) is 19.1 Å². The number of hydrogen-bond donors (Lipinski definition) is 2. The summed E-state index contributed by atoms with van der Waals surface area (Å²) in [5.41, 5.74) is 0. The van der Waals surface area contributed by atoms with Gasteiger partial charge in [-0.3, -0.25) is 9.59 Å². The smallest absolute Gasteiger partial charge is 0.306 e. The van der Waals surface area contributed by atoms with Gasteiger partial charge in [-0.15, -0.1) is 0 Å². The van der Waals surface area contributed by atoms with Crippen LogP contribution in [0.4, 0.5) is 0 Å². The number of ether oxygens (including phenoxy) is 2. The van der Waals surface area contributed by atoms with Gasteiger partial charge < -0.3 is 19.7 Å². The fourth-order valence-electron chi connectivity index (χ4n) is 5.65. The molecule has 0 amide bonds. The van der Waals surface area contributed by atoms with Crippen LogP contribution < -0.4 is 0 Å². The SMILES string of the molecule is CC/C=C/C/C=C/C=C/C(O)CCCCCCCC(=O)OC[C@H](CO)OC(=O)CCCCCCCCCCCCCCCCC(C)CC. The van der Waals surface area contributed by atoms with Crippen molar-refractivity contribution in [1.29, 1.82) is 0 Å². The highest BCUT2D eigenvalue weighted by molar-refractivity contribution is 5.70. The van der Waals surface area contributed by atoms with Gasteiger partial charge in [0.1, 0.15) is 6.61 Å². The third-order valence-corrected chi connectivity index (χ3v) is 9.09. The molecule has 0 spiro atoms. The van der Waals surface area contributed by atoms with Gasteiger partial charge in [-0.1, -0.05) is 179 Å². The quantitative estimate of drug-likeness (QED) is 0.0300. The van der Waals surface area contributed by atoms with Crippen LogP contribution in [0.3, 0.4) is 0 Å². The molecule has 0 saturated heterocycles. The Balaban J connectivity index is 3.62. The van der Waals surface area contributed by atoms with Gasteiger partial charge in [0.05, 0.1) is 12.7 Å². The first kappa shape index (κ1) is 46.1. The van der Waals surface area contributed by atoms with Crippen molar-refractivity contribution >= 4 is 11.9 Å². The number of unbranched alkanes of at least 4 members (excludes halogenated alkanes) is 17. The third-order valence-electron chi connectivity index (χ3n) is 9.09. The number of carbonyl (C=O) groups is 2. The largest absolute Gasteiger partial charge is 0.462 e. The van der Waals surface area contributed by atoms with Gasteiger partial charge in [0, 0.05) is 12.8 Å². The molecule has 48 heavy (non-hydrogen) atoms. The minimum absolute atomic E-state index is 0.102. The zero-order valence-corrected chi connectivity index (χ0v) is 31.5. The maximum Gasteiger partial charge on any atom is 0.306 e. The molecule has 0 aliphatic rings.